The van der Waals surface area contributed by atoms with Gasteiger partial charge in [-0.2, -0.15) is 0 Å². The van der Waals surface area contributed by atoms with Gasteiger partial charge in [0.25, 0.3) is 0 Å². The van der Waals surface area contributed by atoms with Crippen LogP contribution in [0, 0.1) is 11.6 Å². The van der Waals surface area contributed by atoms with Crippen molar-refractivity contribution in [1.82, 2.24) is 9.88 Å². The molecule has 0 amide bonds. The van der Waals surface area contributed by atoms with Gasteiger partial charge in [-0.25, -0.2) is 0 Å². The molecule has 0 spiro atoms. The molecular formula is C14H22N2S. The molecule has 0 saturated carbocycles. The van der Waals surface area contributed by atoms with Gasteiger partial charge in [-0.15, -0.1) is 0 Å². The molecule has 94 valence electrons. The molecule has 2 heterocycles. The largest absolute Gasteiger partial charge is 0.352 e. The van der Waals surface area contributed by atoms with Gasteiger partial charge in [0.2, 0.25) is 0 Å². The average Bonchev–Trinajstić information content (AvgIpc) is 2.32. The Morgan fingerprint density at radius 2 is 2.18 bits per heavy atom. The summed E-state index contributed by atoms with van der Waals surface area (Å²) in [6.07, 6.45) is 6.03. The van der Waals surface area contributed by atoms with Crippen molar-refractivity contribution in [1.29, 1.82) is 0 Å². The molecule has 2 nitrogen and oxygen atoms in total. The standard InChI is InChI=1S/C14H22N2S/c1-10(2)16-7-5-4-6-13(16)12-8-11(3)14(17)15-9-12/h8-10,13H,4-7H2,1-3H3,(H,15,17). The second-order valence-corrected chi connectivity index (χ2v) is 5.70. The van der Waals surface area contributed by atoms with Crippen LogP contribution < -0.4 is 0 Å². The Morgan fingerprint density at radius 1 is 1.41 bits per heavy atom. The van der Waals surface area contributed by atoms with Gasteiger partial charge in [-0.05, 0) is 51.3 Å². The third-order valence-corrected chi connectivity index (χ3v) is 4.14. The number of hydrogen-bond acceptors (Lipinski definition) is 2. The predicted octanol–water partition coefficient (Wildman–Crippen LogP) is 3.99. The summed E-state index contributed by atoms with van der Waals surface area (Å²) in [5.41, 5.74) is 2.58. The van der Waals surface area contributed by atoms with Crippen LogP contribution in [0.2, 0.25) is 0 Å². The van der Waals surface area contributed by atoms with Gasteiger partial charge in [0.05, 0.1) is 0 Å². The second kappa shape index (κ2) is 5.32. The minimum atomic E-state index is 0.564. The first-order valence-electron chi connectivity index (χ1n) is 6.54. The van der Waals surface area contributed by atoms with E-state index in [0.717, 1.165) is 4.64 Å². The summed E-state index contributed by atoms with van der Waals surface area (Å²) in [6, 6.07) is 3.43. The van der Waals surface area contributed by atoms with Gasteiger partial charge in [0, 0.05) is 18.3 Å². The Bertz CT molecular complexity index is 436. The van der Waals surface area contributed by atoms with Gasteiger partial charge in [0.1, 0.15) is 4.64 Å². The van der Waals surface area contributed by atoms with Gasteiger partial charge < -0.3 is 4.98 Å². The Balaban J connectivity index is 2.29. The minimum Gasteiger partial charge on any atom is -0.352 e. The maximum absolute atomic E-state index is 5.23. The van der Waals surface area contributed by atoms with E-state index in [9.17, 15) is 0 Å². The molecule has 1 aromatic rings. The van der Waals surface area contributed by atoms with Crippen LogP contribution in [0.25, 0.3) is 0 Å². The van der Waals surface area contributed by atoms with Crippen LogP contribution in [-0.2, 0) is 0 Å². The molecule has 1 aliphatic rings. The van der Waals surface area contributed by atoms with Crippen LogP contribution in [0.15, 0.2) is 12.3 Å². The smallest absolute Gasteiger partial charge is 0.106 e. The van der Waals surface area contributed by atoms with Crippen LogP contribution in [-0.4, -0.2) is 22.5 Å². The van der Waals surface area contributed by atoms with E-state index < -0.39 is 0 Å². The van der Waals surface area contributed by atoms with Crippen LogP contribution >= 0.6 is 12.2 Å². The van der Waals surface area contributed by atoms with Crippen LogP contribution in [0.1, 0.15) is 50.3 Å². The number of H-pyrrole nitrogens is 1. The van der Waals surface area contributed by atoms with Crippen molar-refractivity contribution >= 4 is 12.2 Å². The zero-order valence-electron chi connectivity index (χ0n) is 11.0. The fourth-order valence-corrected chi connectivity index (χ4v) is 2.86. The highest BCUT2D eigenvalue weighted by Gasteiger charge is 2.25. The number of pyridine rings is 1. The van der Waals surface area contributed by atoms with Crippen LogP contribution in [0.5, 0.6) is 0 Å². The number of hydrogen-bond donors (Lipinski definition) is 1. The summed E-state index contributed by atoms with van der Waals surface area (Å²) >= 11 is 5.23. The molecule has 0 aliphatic carbocycles. The lowest BCUT2D eigenvalue weighted by atomic mass is 9.94. The van der Waals surface area contributed by atoms with Crippen molar-refractivity contribution in [2.24, 2.45) is 0 Å². The number of nitrogens with zero attached hydrogens (tertiary/aromatic N) is 1. The monoisotopic (exact) mass is 250 g/mol. The van der Waals surface area contributed by atoms with Crippen LogP contribution in [0.3, 0.4) is 0 Å². The zero-order valence-corrected chi connectivity index (χ0v) is 11.8. The lowest BCUT2D eigenvalue weighted by molar-refractivity contribution is 0.112. The number of aryl methyl sites for hydroxylation is 1. The molecule has 17 heavy (non-hydrogen) atoms. The zero-order chi connectivity index (χ0) is 12.4. The van der Waals surface area contributed by atoms with Crippen molar-refractivity contribution in [3.05, 3.63) is 28.0 Å². The number of nitrogens with one attached hydrogen (secondary N) is 1. The van der Waals surface area contributed by atoms with Gasteiger partial charge in [-0.1, -0.05) is 24.7 Å². The van der Waals surface area contributed by atoms with Gasteiger partial charge >= 0.3 is 0 Å². The topological polar surface area (TPSA) is 19.0 Å². The molecule has 1 aliphatic heterocycles. The summed E-state index contributed by atoms with van der Waals surface area (Å²) in [6.45, 7) is 7.88. The Labute approximate surface area is 109 Å². The highest BCUT2D eigenvalue weighted by atomic mass is 32.1. The fraction of sp³-hybridized carbons (Fsp3) is 0.643. The van der Waals surface area contributed by atoms with Crippen molar-refractivity contribution in [2.75, 3.05) is 6.54 Å². The van der Waals surface area contributed by atoms with E-state index in [-0.39, 0.29) is 0 Å². The van der Waals surface area contributed by atoms with Crippen molar-refractivity contribution in [3.8, 4) is 0 Å². The third kappa shape index (κ3) is 2.78. The predicted molar refractivity (Wildman–Crippen MR) is 74.8 cm³/mol. The Hall–Kier alpha value is -0.670. The molecule has 3 heteroatoms. The molecule has 1 atom stereocenters. The fourth-order valence-electron chi connectivity index (χ4n) is 2.74. The maximum Gasteiger partial charge on any atom is 0.106 e. The average molecular weight is 250 g/mol. The summed E-state index contributed by atoms with van der Waals surface area (Å²) in [7, 11) is 0. The Morgan fingerprint density at radius 3 is 2.82 bits per heavy atom. The third-order valence-electron chi connectivity index (χ3n) is 3.70. The lowest BCUT2D eigenvalue weighted by Crippen LogP contribution is -2.38. The van der Waals surface area contributed by atoms with Gasteiger partial charge in [-0.3, -0.25) is 4.90 Å². The summed E-state index contributed by atoms with van der Waals surface area (Å²) in [4.78, 5) is 5.82. The molecule has 1 unspecified atom stereocenters. The van der Waals surface area contributed by atoms with E-state index in [1.807, 2.05) is 0 Å². The highest BCUT2D eigenvalue weighted by Crippen LogP contribution is 2.32. The van der Waals surface area contributed by atoms with Gasteiger partial charge in [0.15, 0.2) is 0 Å². The second-order valence-electron chi connectivity index (χ2n) is 5.29. The number of aromatic nitrogens is 1. The highest BCUT2D eigenvalue weighted by molar-refractivity contribution is 7.71. The summed E-state index contributed by atoms with van der Waals surface area (Å²) in [5, 5.41) is 0. The number of likely N-dealkylation sites (tertiary alicyclic amines) is 1. The van der Waals surface area contributed by atoms with Crippen LogP contribution in [0.4, 0.5) is 0 Å². The lowest BCUT2D eigenvalue weighted by Gasteiger charge is -2.39. The molecule has 0 radical (unpaired) electrons. The van der Waals surface area contributed by atoms with Crippen molar-refractivity contribution < 1.29 is 0 Å². The normalized spacial score (nSPS) is 22.0. The Kier molecular flexibility index (Phi) is 4.00. The number of rotatable bonds is 2. The van der Waals surface area contributed by atoms with E-state index in [0.29, 0.717) is 12.1 Å². The number of aromatic amines is 1. The van der Waals surface area contributed by atoms with E-state index in [2.05, 4.69) is 42.9 Å². The molecule has 1 fully saturated rings. The molecule has 1 saturated heterocycles. The van der Waals surface area contributed by atoms with Crippen molar-refractivity contribution in [3.63, 3.8) is 0 Å². The molecule has 1 aromatic heterocycles. The van der Waals surface area contributed by atoms with E-state index in [1.165, 1.54) is 36.9 Å². The molecule has 0 bridgehead atoms. The summed E-state index contributed by atoms with van der Waals surface area (Å²) in [5.74, 6) is 0. The van der Waals surface area contributed by atoms with E-state index >= 15 is 0 Å². The maximum atomic E-state index is 5.23. The summed E-state index contributed by atoms with van der Waals surface area (Å²) < 4.78 is 0.862. The molecule has 0 aromatic carbocycles. The van der Waals surface area contributed by atoms with Crippen molar-refractivity contribution in [2.45, 2.75) is 52.1 Å². The van der Waals surface area contributed by atoms with E-state index in [1.54, 1.807) is 0 Å². The first-order valence-corrected chi connectivity index (χ1v) is 6.95. The first-order chi connectivity index (χ1) is 8.09. The number of piperidine rings is 1. The molecule has 1 N–H and O–H groups in total. The minimum absolute atomic E-state index is 0.564. The quantitative estimate of drug-likeness (QED) is 0.800. The first kappa shape index (κ1) is 12.8. The molecule has 2 rings (SSSR count). The SMILES string of the molecule is Cc1cc(C2CCCCN2C(C)C)c[nH]c1=S. The molecular weight excluding hydrogens is 228 g/mol. The van der Waals surface area contributed by atoms with E-state index in [4.69, 9.17) is 12.2 Å².